The molecule has 0 saturated carbocycles. The Morgan fingerprint density at radius 1 is 1.21 bits per heavy atom. The van der Waals surface area contributed by atoms with Gasteiger partial charge in [0.15, 0.2) is 0 Å². The van der Waals surface area contributed by atoms with Crippen LogP contribution in [0, 0.1) is 6.92 Å². The highest BCUT2D eigenvalue weighted by Crippen LogP contribution is 2.33. The quantitative estimate of drug-likeness (QED) is 0.684. The largest absolute Gasteiger partial charge is 0.363 e. The van der Waals surface area contributed by atoms with E-state index in [1.54, 1.807) is 0 Å². The second-order valence-electron chi connectivity index (χ2n) is 5.05. The topological polar surface area (TPSA) is 21.1 Å². The van der Waals surface area contributed by atoms with Gasteiger partial charge in [0.2, 0.25) is 0 Å². The summed E-state index contributed by atoms with van der Waals surface area (Å²) in [4.78, 5) is 2.13. The van der Waals surface area contributed by atoms with Gasteiger partial charge in [-0.3, -0.25) is 4.68 Å². The first-order chi connectivity index (χ1) is 6.25. The number of hydrogen-bond donors (Lipinski definition) is 0. The maximum atomic E-state index is 4.47. The number of rotatable bonds is 1. The molecule has 0 spiro atoms. The van der Waals surface area contributed by atoms with E-state index in [9.17, 15) is 0 Å². The van der Waals surface area contributed by atoms with Gasteiger partial charge in [-0.2, -0.15) is 5.10 Å². The predicted molar refractivity (Wildman–Crippen MR) is 61.0 cm³/mol. The lowest BCUT2D eigenvalue weighted by Gasteiger charge is -2.24. The SMILES string of the molecule is Cc1nn(C)c(N(C)C)c1C(C)(C)C. The second kappa shape index (κ2) is 3.30. The van der Waals surface area contributed by atoms with Gasteiger partial charge in [0.1, 0.15) is 5.82 Å². The van der Waals surface area contributed by atoms with Crippen molar-refractivity contribution in [3.8, 4) is 0 Å². The summed E-state index contributed by atoms with van der Waals surface area (Å²) in [5, 5.41) is 4.47. The van der Waals surface area contributed by atoms with Crippen LogP contribution in [0.3, 0.4) is 0 Å². The van der Waals surface area contributed by atoms with Crippen molar-refractivity contribution < 1.29 is 0 Å². The van der Waals surface area contributed by atoms with Crippen LogP contribution in [0.1, 0.15) is 32.0 Å². The lowest BCUT2D eigenvalue weighted by Crippen LogP contribution is -2.20. The Morgan fingerprint density at radius 3 is 2.00 bits per heavy atom. The Kier molecular flexibility index (Phi) is 2.61. The van der Waals surface area contributed by atoms with Gasteiger partial charge in [0, 0.05) is 26.7 Å². The molecule has 0 aliphatic heterocycles. The molecule has 0 aromatic carbocycles. The molecule has 1 aromatic heterocycles. The fourth-order valence-electron chi connectivity index (χ4n) is 2.04. The van der Waals surface area contributed by atoms with Gasteiger partial charge in [-0.15, -0.1) is 0 Å². The summed E-state index contributed by atoms with van der Waals surface area (Å²) in [6.07, 6.45) is 0. The molecule has 1 heterocycles. The van der Waals surface area contributed by atoms with E-state index in [0.717, 1.165) is 5.69 Å². The summed E-state index contributed by atoms with van der Waals surface area (Å²) >= 11 is 0. The Balaban J connectivity index is 3.40. The molecule has 0 aliphatic rings. The van der Waals surface area contributed by atoms with Gasteiger partial charge >= 0.3 is 0 Å². The standard InChI is InChI=1S/C11H21N3/c1-8-9(11(2,3)4)10(13(5)6)14(7)12-8/h1-7H3. The smallest absolute Gasteiger partial charge is 0.130 e. The minimum Gasteiger partial charge on any atom is -0.363 e. The van der Waals surface area contributed by atoms with Crippen LogP contribution in [0.25, 0.3) is 0 Å². The average molecular weight is 195 g/mol. The average Bonchev–Trinajstić information content (AvgIpc) is 2.23. The molecule has 0 fully saturated rings. The maximum Gasteiger partial charge on any atom is 0.130 e. The van der Waals surface area contributed by atoms with Crippen LogP contribution in [-0.2, 0) is 12.5 Å². The summed E-state index contributed by atoms with van der Waals surface area (Å²) in [6.45, 7) is 8.76. The molecular weight excluding hydrogens is 174 g/mol. The van der Waals surface area contributed by atoms with Gasteiger partial charge in [-0.05, 0) is 12.3 Å². The molecule has 0 aliphatic carbocycles. The number of anilines is 1. The molecule has 1 aromatic rings. The van der Waals surface area contributed by atoms with E-state index in [0.29, 0.717) is 0 Å². The monoisotopic (exact) mass is 195 g/mol. The van der Waals surface area contributed by atoms with Gasteiger partial charge in [-0.1, -0.05) is 20.8 Å². The van der Waals surface area contributed by atoms with Crippen molar-refractivity contribution in [1.29, 1.82) is 0 Å². The van der Waals surface area contributed by atoms with Crippen molar-refractivity contribution in [2.75, 3.05) is 19.0 Å². The van der Waals surface area contributed by atoms with Crippen LogP contribution < -0.4 is 4.90 Å². The van der Waals surface area contributed by atoms with Gasteiger partial charge < -0.3 is 4.90 Å². The molecule has 0 saturated heterocycles. The summed E-state index contributed by atoms with van der Waals surface area (Å²) < 4.78 is 1.95. The number of hydrogen-bond acceptors (Lipinski definition) is 2. The Hall–Kier alpha value is -0.990. The lowest BCUT2D eigenvalue weighted by molar-refractivity contribution is 0.585. The van der Waals surface area contributed by atoms with E-state index in [1.165, 1.54) is 11.4 Å². The van der Waals surface area contributed by atoms with E-state index in [2.05, 4.69) is 51.8 Å². The first-order valence-electron chi connectivity index (χ1n) is 4.96. The number of aryl methyl sites for hydroxylation is 2. The second-order valence-corrected chi connectivity index (χ2v) is 5.05. The lowest BCUT2D eigenvalue weighted by atomic mass is 9.86. The van der Waals surface area contributed by atoms with Gasteiger partial charge in [0.05, 0.1) is 5.69 Å². The van der Waals surface area contributed by atoms with Crippen molar-refractivity contribution in [3.63, 3.8) is 0 Å². The number of aromatic nitrogens is 2. The summed E-state index contributed by atoms with van der Waals surface area (Å²) in [6, 6.07) is 0. The zero-order valence-corrected chi connectivity index (χ0v) is 10.3. The Labute approximate surface area is 86.7 Å². The van der Waals surface area contributed by atoms with Crippen molar-refractivity contribution in [2.24, 2.45) is 7.05 Å². The van der Waals surface area contributed by atoms with E-state index in [-0.39, 0.29) is 5.41 Å². The molecule has 0 atom stereocenters. The van der Waals surface area contributed by atoms with E-state index < -0.39 is 0 Å². The number of nitrogens with zero attached hydrogens (tertiary/aromatic N) is 3. The van der Waals surface area contributed by atoms with Crippen molar-refractivity contribution in [1.82, 2.24) is 9.78 Å². The molecule has 0 radical (unpaired) electrons. The van der Waals surface area contributed by atoms with E-state index >= 15 is 0 Å². The zero-order chi connectivity index (χ0) is 11.1. The molecule has 3 heteroatoms. The highest BCUT2D eigenvalue weighted by molar-refractivity contribution is 5.52. The molecule has 1 rings (SSSR count). The third-order valence-electron chi connectivity index (χ3n) is 2.37. The van der Waals surface area contributed by atoms with Crippen LogP contribution in [0.5, 0.6) is 0 Å². The molecule has 0 amide bonds. The van der Waals surface area contributed by atoms with E-state index in [1.807, 2.05) is 11.7 Å². The van der Waals surface area contributed by atoms with Gasteiger partial charge in [-0.25, -0.2) is 0 Å². The van der Waals surface area contributed by atoms with Crippen LogP contribution >= 0.6 is 0 Å². The van der Waals surface area contributed by atoms with Crippen molar-refractivity contribution in [3.05, 3.63) is 11.3 Å². The van der Waals surface area contributed by atoms with E-state index in [4.69, 9.17) is 0 Å². The summed E-state index contributed by atoms with van der Waals surface area (Å²) in [5.41, 5.74) is 2.62. The van der Waals surface area contributed by atoms with Crippen molar-refractivity contribution in [2.45, 2.75) is 33.1 Å². The normalized spacial score (nSPS) is 11.9. The highest BCUT2D eigenvalue weighted by Gasteiger charge is 2.25. The highest BCUT2D eigenvalue weighted by atomic mass is 15.3. The Bertz CT molecular complexity index is 329. The molecule has 14 heavy (non-hydrogen) atoms. The first-order valence-corrected chi connectivity index (χ1v) is 4.96. The molecule has 0 N–H and O–H groups in total. The first kappa shape index (κ1) is 11.1. The molecule has 0 unspecified atom stereocenters. The van der Waals surface area contributed by atoms with Crippen LogP contribution in [0.2, 0.25) is 0 Å². The predicted octanol–water partition coefficient (Wildman–Crippen LogP) is 2.09. The molecule has 80 valence electrons. The summed E-state index contributed by atoms with van der Waals surface area (Å²) in [5.74, 6) is 1.20. The van der Waals surface area contributed by atoms with Crippen LogP contribution in [0.15, 0.2) is 0 Å². The third-order valence-corrected chi connectivity index (χ3v) is 2.37. The van der Waals surface area contributed by atoms with Crippen LogP contribution in [0.4, 0.5) is 5.82 Å². The molecule has 3 nitrogen and oxygen atoms in total. The minimum atomic E-state index is 0.151. The zero-order valence-electron chi connectivity index (χ0n) is 10.3. The van der Waals surface area contributed by atoms with Crippen LogP contribution in [-0.4, -0.2) is 23.9 Å². The molecular formula is C11H21N3. The Morgan fingerprint density at radius 2 is 1.71 bits per heavy atom. The summed E-state index contributed by atoms with van der Waals surface area (Å²) in [7, 11) is 6.12. The molecule has 0 bridgehead atoms. The third kappa shape index (κ3) is 1.76. The fourth-order valence-corrected chi connectivity index (χ4v) is 2.04. The van der Waals surface area contributed by atoms with Crippen molar-refractivity contribution >= 4 is 5.82 Å². The fraction of sp³-hybridized carbons (Fsp3) is 0.727. The van der Waals surface area contributed by atoms with Gasteiger partial charge in [0.25, 0.3) is 0 Å². The minimum absolute atomic E-state index is 0.151. The maximum absolute atomic E-state index is 4.47.